The van der Waals surface area contributed by atoms with Gasteiger partial charge in [-0.1, -0.05) is 151 Å². The number of fused-ring (bicyclic) bond motifs is 5. The second-order valence-electron chi connectivity index (χ2n) is 12.7. The van der Waals surface area contributed by atoms with E-state index in [4.69, 9.17) is 0 Å². The molecule has 0 spiro atoms. The Morgan fingerprint density at radius 3 is 1.54 bits per heavy atom. The van der Waals surface area contributed by atoms with E-state index in [9.17, 15) is 0 Å². The molecule has 0 aromatic heterocycles. The molecule has 6 rings (SSSR count). The van der Waals surface area contributed by atoms with Gasteiger partial charge >= 0.3 is 0 Å². The molecular formula is C37H36. The SMILES string of the molecule is CC(C)(C)c1ccc(C2(c3ccc(C(C)(C)C)cc3)c3ccccc3-c3c2ccc2ccccc32)cc1. The summed E-state index contributed by atoms with van der Waals surface area (Å²) in [5, 5.41) is 2.62. The normalized spacial score (nSPS) is 14.4. The van der Waals surface area contributed by atoms with E-state index in [0.29, 0.717) is 0 Å². The molecule has 0 atom stereocenters. The fraction of sp³-hybridized carbons (Fsp3) is 0.243. The molecule has 184 valence electrons. The zero-order chi connectivity index (χ0) is 26.0. The highest BCUT2D eigenvalue weighted by Crippen LogP contribution is 2.57. The van der Waals surface area contributed by atoms with Gasteiger partial charge in [0.2, 0.25) is 0 Å². The van der Waals surface area contributed by atoms with Gasteiger partial charge in [-0.3, -0.25) is 0 Å². The minimum atomic E-state index is -0.372. The number of hydrogen-bond acceptors (Lipinski definition) is 0. The van der Waals surface area contributed by atoms with Gasteiger partial charge in [0.25, 0.3) is 0 Å². The summed E-state index contributed by atoms with van der Waals surface area (Å²) in [6, 6.07) is 41.4. The summed E-state index contributed by atoms with van der Waals surface area (Å²) in [7, 11) is 0. The Balaban J connectivity index is 1.72. The first-order valence-electron chi connectivity index (χ1n) is 13.5. The zero-order valence-corrected chi connectivity index (χ0v) is 22.9. The summed E-state index contributed by atoms with van der Waals surface area (Å²) in [6.45, 7) is 13.7. The van der Waals surface area contributed by atoms with Crippen LogP contribution in [0.25, 0.3) is 21.9 Å². The number of hydrogen-bond donors (Lipinski definition) is 0. The van der Waals surface area contributed by atoms with Gasteiger partial charge in [-0.2, -0.15) is 0 Å². The Morgan fingerprint density at radius 1 is 0.459 bits per heavy atom. The molecule has 0 N–H and O–H groups in total. The fourth-order valence-corrected chi connectivity index (χ4v) is 6.28. The van der Waals surface area contributed by atoms with Crippen LogP contribution in [0.1, 0.15) is 74.9 Å². The fourth-order valence-electron chi connectivity index (χ4n) is 6.28. The average Bonchev–Trinajstić information content (AvgIpc) is 3.19. The molecule has 0 radical (unpaired) electrons. The summed E-state index contributed by atoms with van der Waals surface area (Å²) in [4.78, 5) is 0. The Morgan fingerprint density at radius 2 is 0.973 bits per heavy atom. The second-order valence-corrected chi connectivity index (χ2v) is 12.7. The molecule has 0 heterocycles. The molecule has 0 unspecified atom stereocenters. The van der Waals surface area contributed by atoms with E-state index in [1.54, 1.807) is 0 Å². The molecule has 0 saturated carbocycles. The summed E-state index contributed by atoms with van der Waals surface area (Å²) < 4.78 is 0. The molecule has 1 aliphatic carbocycles. The van der Waals surface area contributed by atoms with Gasteiger partial charge in [0.1, 0.15) is 0 Å². The van der Waals surface area contributed by atoms with Gasteiger partial charge in [0.15, 0.2) is 0 Å². The number of benzene rings is 5. The van der Waals surface area contributed by atoms with Crippen LogP contribution in [0.4, 0.5) is 0 Å². The van der Waals surface area contributed by atoms with Crippen molar-refractivity contribution in [1.29, 1.82) is 0 Å². The first-order valence-corrected chi connectivity index (χ1v) is 13.5. The van der Waals surface area contributed by atoms with Gasteiger partial charge in [0.05, 0.1) is 5.41 Å². The van der Waals surface area contributed by atoms with Crippen molar-refractivity contribution in [2.75, 3.05) is 0 Å². The molecule has 37 heavy (non-hydrogen) atoms. The minimum Gasteiger partial charge on any atom is -0.0619 e. The Bertz CT molecular complexity index is 1540. The van der Waals surface area contributed by atoms with Gasteiger partial charge < -0.3 is 0 Å². The zero-order valence-electron chi connectivity index (χ0n) is 22.9. The van der Waals surface area contributed by atoms with Crippen LogP contribution >= 0.6 is 0 Å². The van der Waals surface area contributed by atoms with Gasteiger partial charge in [-0.15, -0.1) is 0 Å². The lowest BCUT2D eigenvalue weighted by atomic mass is 9.67. The smallest absolute Gasteiger partial charge is 0.0619 e. The van der Waals surface area contributed by atoms with E-state index in [-0.39, 0.29) is 16.2 Å². The molecule has 0 nitrogen and oxygen atoms in total. The molecule has 0 saturated heterocycles. The molecule has 0 heteroatoms. The lowest BCUT2D eigenvalue weighted by molar-refractivity contribution is 0.588. The summed E-state index contributed by atoms with van der Waals surface area (Å²) in [5.74, 6) is 0. The predicted octanol–water partition coefficient (Wildman–Crippen LogP) is 9.80. The van der Waals surface area contributed by atoms with Crippen LogP contribution in [-0.2, 0) is 16.2 Å². The Kier molecular flexibility index (Phi) is 5.25. The van der Waals surface area contributed by atoms with Gasteiger partial charge in [-0.25, -0.2) is 0 Å². The van der Waals surface area contributed by atoms with E-state index in [1.165, 1.54) is 55.3 Å². The van der Waals surface area contributed by atoms with E-state index in [2.05, 4.69) is 151 Å². The van der Waals surface area contributed by atoms with Crippen molar-refractivity contribution in [1.82, 2.24) is 0 Å². The maximum absolute atomic E-state index is 2.38. The third kappa shape index (κ3) is 3.57. The maximum Gasteiger partial charge on any atom is 0.0713 e. The van der Waals surface area contributed by atoms with Crippen molar-refractivity contribution in [3.8, 4) is 11.1 Å². The molecular weight excluding hydrogens is 444 g/mol. The third-order valence-corrected chi connectivity index (χ3v) is 8.30. The first kappa shape index (κ1) is 23.7. The van der Waals surface area contributed by atoms with Crippen molar-refractivity contribution >= 4 is 10.8 Å². The van der Waals surface area contributed by atoms with Crippen LogP contribution in [0, 0.1) is 0 Å². The largest absolute Gasteiger partial charge is 0.0713 e. The lowest BCUT2D eigenvalue weighted by Gasteiger charge is -2.35. The van der Waals surface area contributed by atoms with Crippen LogP contribution in [0.2, 0.25) is 0 Å². The van der Waals surface area contributed by atoms with Crippen molar-refractivity contribution in [2.45, 2.75) is 57.8 Å². The standard InChI is InChI=1S/C37H36/c1-35(2,3)26-16-20-28(21-17-26)37(29-22-18-27(19-23-29)36(4,5)6)32-14-10-9-13-31(32)34-30-12-8-7-11-25(30)15-24-33(34)37/h7-24H,1-6H3. The molecule has 0 bridgehead atoms. The molecule has 0 amide bonds. The monoisotopic (exact) mass is 480 g/mol. The second kappa shape index (κ2) is 8.18. The Hall–Kier alpha value is -3.64. The quantitative estimate of drug-likeness (QED) is 0.231. The molecule has 5 aromatic carbocycles. The van der Waals surface area contributed by atoms with Crippen LogP contribution in [0.3, 0.4) is 0 Å². The van der Waals surface area contributed by atoms with Crippen LogP contribution in [-0.4, -0.2) is 0 Å². The van der Waals surface area contributed by atoms with E-state index < -0.39 is 0 Å². The molecule has 0 fully saturated rings. The first-order chi connectivity index (χ1) is 17.6. The minimum absolute atomic E-state index is 0.113. The van der Waals surface area contributed by atoms with Crippen LogP contribution in [0.15, 0.2) is 109 Å². The van der Waals surface area contributed by atoms with Gasteiger partial charge in [-0.05, 0) is 66.1 Å². The molecule has 1 aliphatic rings. The topological polar surface area (TPSA) is 0 Å². The van der Waals surface area contributed by atoms with Gasteiger partial charge in [0, 0.05) is 0 Å². The number of rotatable bonds is 2. The Labute approximate surface area is 222 Å². The van der Waals surface area contributed by atoms with E-state index >= 15 is 0 Å². The lowest BCUT2D eigenvalue weighted by Crippen LogP contribution is -2.29. The summed E-state index contributed by atoms with van der Waals surface area (Å²) in [6.07, 6.45) is 0. The van der Waals surface area contributed by atoms with Crippen molar-refractivity contribution in [3.63, 3.8) is 0 Å². The maximum atomic E-state index is 2.38. The highest BCUT2D eigenvalue weighted by atomic mass is 14.5. The highest BCUT2D eigenvalue weighted by molar-refractivity contribution is 6.04. The van der Waals surface area contributed by atoms with E-state index in [0.717, 1.165) is 0 Å². The third-order valence-electron chi connectivity index (χ3n) is 8.30. The van der Waals surface area contributed by atoms with Crippen molar-refractivity contribution < 1.29 is 0 Å². The predicted molar refractivity (Wildman–Crippen MR) is 159 cm³/mol. The summed E-state index contributed by atoms with van der Waals surface area (Å²) in [5.41, 5.74) is 10.7. The average molecular weight is 481 g/mol. The van der Waals surface area contributed by atoms with Crippen molar-refractivity contribution in [2.24, 2.45) is 0 Å². The van der Waals surface area contributed by atoms with Crippen LogP contribution < -0.4 is 0 Å². The highest BCUT2D eigenvalue weighted by Gasteiger charge is 2.46. The van der Waals surface area contributed by atoms with Crippen molar-refractivity contribution in [3.05, 3.63) is 143 Å². The van der Waals surface area contributed by atoms with Crippen LogP contribution in [0.5, 0.6) is 0 Å². The molecule has 0 aliphatic heterocycles. The van der Waals surface area contributed by atoms with E-state index in [1.807, 2.05) is 0 Å². The molecule has 5 aromatic rings. The summed E-state index contributed by atoms with van der Waals surface area (Å²) >= 11 is 0.